The van der Waals surface area contributed by atoms with Crippen molar-refractivity contribution in [2.24, 2.45) is 0 Å². The average Bonchev–Trinajstić information content (AvgIpc) is 2.67. The minimum Gasteiger partial charge on any atom is -1.00 e. The van der Waals surface area contributed by atoms with Crippen LogP contribution < -0.4 is 17.0 Å². The molecule has 0 aliphatic carbocycles. The van der Waals surface area contributed by atoms with Crippen molar-refractivity contribution in [2.75, 3.05) is 26.2 Å². The fraction of sp³-hybridized carbons (Fsp3) is 1.00. The Labute approximate surface area is 190 Å². The van der Waals surface area contributed by atoms with Crippen molar-refractivity contribution in [3.63, 3.8) is 0 Å². The maximum absolute atomic E-state index is 2.36. The predicted molar refractivity (Wildman–Crippen MR) is 126 cm³/mol. The van der Waals surface area contributed by atoms with Gasteiger partial charge in [0.1, 0.15) is 0 Å². The van der Waals surface area contributed by atoms with E-state index in [1.807, 2.05) is 0 Å². The lowest BCUT2D eigenvalue weighted by Crippen LogP contribution is -3.00. The third-order valence-electron chi connectivity index (χ3n) is 6.44. The van der Waals surface area contributed by atoms with E-state index in [9.17, 15) is 0 Å². The second-order valence-electron chi connectivity index (χ2n) is 9.19. The SMILES string of the molecule is CCCCCCC[N+](CCCCC)(CCCCCCC)CCCCCCC.[Br-]. The first-order valence-corrected chi connectivity index (χ1v) is 13.1. The molecule has 0 aromatic heterocycles. The average molecular weight is 463 g/mol. The van der Waals surface area contributed by atoms with Crippen LogP contribution in [0.3, 0.4) is 0 Å². The fourth-order valence-electron chi connectivity index (χ4n) is 4.52. The Hall–Kier alpha value is 0.440. The summed E-state index contributed by atoms with van der Waals surface area (Å²) in [5.41, 5.74) is 0. The van der Waals surface area contributed by atoms with E-state index in [4.69, 9.17) is 0 Å². The van der Waals surface area contributed by atoms with Gasteiger partial charge < -0.3 is 21.5 Å². The highest BCUT2D eigenvalue weighted by atomic mass is 79.9. The van der Waals surface area contributed by atoms with Crippen LogP contribution in [0.2, 0.25) is 0 Å². The van der Waals surface area contributed by atoms with E-state index in [1.54, 1.807) is 0 Å². The largest absolute Gasteiger partial charge is 1.00 e. The van der Waals surface area contributed by atoms with Crippen LogP contribution in [0.15, 0.2) is 0 Å². The Kier molecular flexibility index (Phi) is 25.9. The van der Waals surface area contributed by atoms with Crippen molar-refractivity contribution in [1.82, 2.24) is 0 Å². The first-order valence-electron chi connectivity index (χ1n) is 13.1. The number of quaternary nitrogens is 1. The lowest BCUT2D eigenvalue weighted by atomic mass is 10.1. The fourth-order valence-corrected chi connectivity index (χ4v) is 4.52. The third kappa shape index (κ3) is 18.5. The van der Waals surface area contributed by atoms with Gasteiger partial charge in [-0.25, -0.2) is 0 Å². The summed E-state index contributed by atoms with van der Waals surface area (Å²) < 4.78 is 1.46. The molecule has 0 spiro atoms. The standard InChI is InChI=1S/C26H56N.BrH/c1-5-9-13-16-20-24-27(23-19-12-8-4,25-21-17-14-10-6-2)26-22-18-15-11-7-3;/h5-26H2,1-4H3;1H/q+1;/p-1. The van der Waals surface area contributed by atoms with Crippen molar-refractivity contribution >= 4 is 0 Å². The van der Waals surface area contributed by atoms with Gasteiger partial charge in [0.15, 0.2) is 0 Å². The molecule has 1 nitrogen and oxygen atoms in total. The summed E-state index contributed by atoms with van der Waals surface area (Å²) in [6, 6.07) is 0. The number of rotatable bonds is 22. The zero-order valence-corrected chi connectivity index (χ0v) is 22.0. The first-order chi connectivity index (χ1) is 13.2. The van der Waals surface area contributed by atoms with E-state index in [-0.39, 0.29) is 17.0 Å². The van der Waals surface area contributed by atoms with Crippen molar-refractivity contribution in [1.29, 1.82) is 0 Å². The van der Waals surface area contributed by atoms with Crippen LogP contribution >= 0.6 is 0 Å². The van der Waals surface area contributed by atoms with Gasteiger partial charge in [-0.05, 0) is 51.4 Å². The number of unbranched alkanes of at least 4 members (excludes halogenated alkanes) is 14. The van der Waals surface area contributed by atoms with E-state index in [2.05, 4.69) is 27.7 Å². The number of halogens is 1. The molecule has 0 aliphatic heterocycles. The van der Waals surface area contributed by atoms with Crippen LogP contribution in [-0.2, 0) is 0 Å². The molecule has 28 heavy (non-hydrogen) atoms. The van der Waals surface area contributed by atoms with Gasteiger partial charge in [0.05, 0.1) is 26.2 Å². The molecule has 0 heterocycles. The molecule has 0 rings (SSSR count). The summed E-state index contributed by atoms with van der Waals surface area (Å²) in [5.74, 6) is 0. The minimum atomic E-state index is 0. The van der Waals surface area contributed by atoms with E-state index in [0.717, 1.165) is 0 Å². The van der Waals surface area contributed by atoms with Gasteiger partial charge in [0.25, 0.3) is 0 Å². The van der Waals surface area contributed by atoms with E-state index in [0.29, 0.717) is 0 Å². The van der Waals surface area contributed by atoms with Crippen LogP contribution in [0.1, 0.15) is 143 Å². The van der Waals surface area contributed by atoms with Crippen LogP contribution in [0.4, 0.5) is 0 Å². The number of nitrogens with zero attached hydrogens (tertiary/aromatic N) is 1. The van der Waals surface area contributed by atoms with Crippen molar-refractivity contribution in [3.05, 3.63) is 0 Å². The smallest absolute Gasteiger partial charge is 0.0786 e. The third-order valence-corrected chi connectivity index (χ3v) is 6.44. The molecule has 0 aliphatic rings. The molecule has 172 valence electrons. The lowest BCUT2D eigenvalue weighted by molar-refractivity contribution is -0.929. The zero-order valence-electron chi connectivity index (χ0n) is 20.4. The topological polar surface area (TPSA) is 0 Å². The molecule has 0 fully saturated rings. The molecule has 0 bridgehead atoms. The van der Waals surface area contributed by atoms with Gasteiger partial charge in [0, 0.05) is 0 Å². The maximum Gasteiger partial charge on any atom is 0.0786 e. The van der Waals surface area contributed by atoms with Crippen LogP contribution in [0.5, 0.6) is 0 Å². The second kappa shape index (κ2) is 23.7. The molecule has 0 saturated carbocycles. The maximum atomic E-state index is 2.36. The van der Waals surface area contributed by atoms with Gasteiger partial charge >= 0.3 is 0 Å². The van der Waals surface area contributed by atoms with Gasteiger partial charge in [-0.15, -0.1) is 0 Å². The molecule has 0 N–H and O–H groups in total. The number of hydrogen-bond acceptors (Lipinski definition) is 0. The van der Waals surface area contributed by atoms with E-state index < -0.39 is 0 Å². The summed E-state index contributed by atoms with van der Waals surface area (Å²) in [7, 11) is 0. The summed E-state index contributed by atoms with van der Waals surface area (Å²) in [5, 5.41) is 0. The van der Waals surface area contributed by atoms with Gasteiger partial charge in [0.2, 0.25) is 0 Å². The molecule has 0 atom stereocenters. The molecule has 0 amide bonds. The Morgan fingerprint density at radius 2 is 0.536 bits per heavy atom. The van der Waals surface area contributed by atoms with Crippen molar-refractivity contribution in [2.45, 2.75) is 143 Å². The van der Waals surface area contributed by atoms with E-state index in [1.165, 1.54) is 146 Å². The van der Waals surface area contributed by atoms with Gasteiger partial charge in [-0.1, -0.05) is 91.9 Å². The normalized spacial score (nSPS) is 11.6. The Morgan fingerprint density at radius 3 is 0.821 bits per heavy atom. The van der Waals surface area contributed by atoms with Crippen LogP contribution in [0.25, 0.3) is 0 Å². The molecule has 0 unspecified atom stereocenters. The molecule has 0 aromatic rings. The molecular weight excluding hydrogens is 406 g/mol. The van der Waals surface area contributed by atoms with E-state index >= 15 is 0 Å². The first kappa shape index (κ1) is 30.6. The Bertz CT molecular complexity index is 244. The molecule has 2 heteroatoms. The highest BCUT2D eigenvalue weighted by molar-refractivity contribution is 4.53. The van der Waals surface area contributed by atoms with Crippen molar-refractivity contribution in [3.8, 4) is 0 Å². The monoisotopic (exact) mass is 461 g/mol. The lowest BCUT2D eigenvalue weighted by Gasteiger charge is -2.39. The summed E-state index contributed by atoms with van der Waals surface area (Å²) >= 11 is 0. The molecule has 0 saturated heterocycles. The number of hydrogen-bond donors (Lipinski definition) is 0. The van der Waals surface area contributed by atoms with Crippen LogP contribution in [-0.4, -0.2) is 30.7 Å². The Morgan fingerprint density at radius 1 is 0.321 bits per heavy atom. The Balaban J connectivity index is 0. The molecular formula is C26H56BrN. The summed E-state index contributed by atoms with van der Waals surface area (Å²) in [6.45, 7) is 15.2. The van der Waals surface area contributed by atoms with Crippen molar-refractivity contribution < 1.29 is 21.5 Å². The highest BCUT2D eigenvalue weighted by Gasteiger charge is 2.25. The zero-order chi connectivity index (χ0) is 20.1. The summed E-state index contributed by atoms with van der Waals surface area (Å²) in [6.07, 6.45) is 25.8. The van der Waals surface area contributed by atoms with Gasteiger partial charge in [-0.3, -0.25) is 0 Å². The van der Waals surface area contributed by atoms with Gasteiger partial charge in [-0.2, -0.15) is 0 Å². The predicted octanol–water partition coefficient (Wildman–Crippen LogP) is 5.91. The minimum absolute atomic E-state index is 0. The quantitative estimate of drug-likeness (QED) is 0.139. The summed E-state index contributed by atoms with van der Waals surface area (Å²) in [4.78, 5) is 0. The second-order valence-corrected chi connectivity index (χ2v) is 9.19. The highest BCUT2D eigenvalue weighted by Crippen LogP contribution is 2.19. The molecule has 0 aromatic carbocycles. The van der Waals surface area contributed by atoms with Crippen LogP contribution in [0, 0.1) is 0 Å². The molecule has 0 radical (unpaired) electrons.